The van der Waals surface area contributed by atoms with E-state index in [1.54, 1.807) is 7.11 Å². The Balaban J connectivity index is 2.26. The number of methoxy groups -OCH3 is 1. The summed E-state index contributed by atoms with van der Waals surface area (Å²) in [6.45, 7) is 4.35. The largest absolute Gasteiger partial charge is 0.496 e. The molecular weight excluding hydrogens is 332 g/mol. The van der Waals surface area contributed by atoms with E-state index in [1.165, 1.54) is 0 Å². The van der Waals surface area contributed by atoms with Crippen LogP contribution in [0.5, 0.6) is 11.5 Å². The van der Waals surface area contributed by atoms with Gasteiger partial charge in [0.25, 0.3) is 0 Å². The van der Waals surface area contributed by atoms with Crippen LogP contribution >= 0.6 is 15.9 Å². The van der Waals surface area contributed by atoms with E-state index in [1.807, 2.05) is 44.2 Å². The predicted octanol–water partition coefficient (Wildman–Crippen LogP) is 4.15. The van der Waals surface area contributed by atoms with E-state index in [2.05, 4.69) is 15.9 Å². The highest BCUT2D eigenvalue weighted by atomic mass is 79.9. The molecule has 2 aromatic rings. The lowest BCUT2D eigenvalue weighted by atomic mass is 10.1. The molecule has 0 fully saturated rings. The van der Waals surface area contributed by atoms with Gasteiger partial charge in [-0.15, -0.1) is 0 Å². The second-order valence-corrected chi connectivity index (χ2v) is 5.89. The third-order valence-corrected chi connectivity index (χ3v) is 3.75. The van der Waals surface area contributed by atoms with Gasteiger partial charge in [0, 0.05) is 15.6 Å². The minimum Gasteiger partial charge on any atom is -0.496 e. The van der Waals surface area contributed by atoms with Gasteiger partial charge < -0.3 is 14.6 Å². The summed E-state index contributed by atoms with van der Waals surface area (Å²) in [5.74, 6) is 1.53. The van der Waals surface area contributed by atoms with Gasteiger partial charge in [0.15, 0.2) is 0 Å². The molecule has 0 saturated carbocycles. The topological polar surface area (TPSA) is 38.7 Å². The standard InChI is InChI=1S/C17H19BrO3/c1-11-4-5-16(20-3)14(6-11)10-21-17-12(2)7-15(18)8-13(17)9-19/h4-8,19H,9-10H2,1-3H3. The molecule has 0 saturated heterocycles. The molecule has 1 N–H and O–H groups in total. The van der Waals surface area contributed by atoms with Crippen molar-refractivity contribution in [1.82, 2.24) is 0 Å². The average Bonchev–Trinajstić information content (AvgIpc) is 2.45. The SMILES string of the molecule is COc1ccc(C)cc1COc1c(C)cc(Br)cc1CO. The van der Waals surface area contributed by atoms with Crippen LogP contribution in [0.2, 0.25) is 0 Å². The number of aryl methyl sites for hydroxylation is 2. The lowest BCUT2D eigenvalue weighted by molar-refractivity contribution is 0.255. The second kappa shape index (κ2) is 6.96. The predicted molar refractivity (Wildman–Crippen MR) is 86.9 cm³/mol. The minimum atomic E-state index is -0.0550. The Morgan fingerprint density at radius 1 is 1.10 bits per heavy atom. The van der Waals surface area contributed by atoms with Crippen LogP contribution in [0.4, 0.5) is 0 Å². The first kappa shape index (κ1) is 15.9. The Bertz CT molecular complexity index is 638. The first-order valence-electron chi connectivity index (χ1n) is 6.71. The molecule has 0 bridgehead atoms. The van der Waals surface area contributed by atoms with E-state index in [0.29, 0.717) is 6.61 Å². The molecule has 112 valence electrons. The van der Waals surface area contributed by atoms with Gasteiger partial charge in [-0.1, -0.05) is 27.6 Å². The molecule has 0 radical (unpaired) electrons. The first-order chi connectivity index (χ1) is 10.0. The van der Waals surface area contributed by atoms with Gasteiger partial charge in [-0.05, 0) is 43.7 Å². The monoisotopic (exact) mass is 350 g/mol. The fraction of sp³-hybridized carbons (Fsp3) is 0.294. The maximum Gasteiger partial charge on any atom is 0.128 e. The number of halogens is 1. The maximum absolute atomic E-state index is 9.48. The van der Waals surface area contributed by atoms with Gasteiger partial charge >= 0.3 is 0 Å². The quantitative estimate of drug-likeness (QED) is 0.880. The van der Waals surface area contributed by atoms with Crippen LogP contribution in [0.15, 0.2) is 34.8 Å². The van der Waals surface area contributed by atoms with Gasteiger partial charge in [0.2, 0.25) is 0 Å². The molecular formula is C17H19BrO3. The molecule has 3 nitrogen and oxygen atoms in total. The van der Waals surface area contributed by atoms with Crippen LogP contribution < -0.4 is 9.47 Å². The Hall–Kier alpha value is -1.52. The normalized spacial score (nSPS) is 10.5. The Morgan fingerprint density at radius 3 is 2.52 bits per heavy atom. The highest BCUT2D eigenvalue weighted by Gasteiger charge is 2.10. The second-order valence-electron chi connectivity index (χ2n) is 4.97. The Kier molecular flexibility index (Phi) is 5.26. The fourth-order valence-corrected chi connectivity index (χ4v) is 2.91. The highest BCUT2D eigenvalue weighted by molar-refractivity contribution is 9.10. The average molecular weight is 351 g/mol. The summed E-state index contributed by atoms with van der Waals surface area (Å²) < 4.78 is 12.2. The summed E-state index contributed by atoms with van der Waals surface area (Å²) in [4.78, 5) is 0. The molecule has 0 atom stereocenters. The number of rotatable bonds is 5. The molecule has 0 aromatic heterocycles. The molecule has 2 aromatic carbocycles. The minimum absolute atomic E-state index is 0.0550. The summed E-state index contributed by atoms with van der Waals surface area (Å²) >= 11 is 3.43. The molecule has 0 aliphatic heterocycles. The van der Waals surface area contributed by atoms with E-state index >= 15 is 0 Å². The van der Waals surface area contributed by atoms with Crippen molar-refractivity contribution in [2.75, 3.05) is 7.11 Å². The van der Waals surface area contributed by atoms with Crippen LogP contribution in [0.25, 0.3) is 0 Å². The van der Waals surface area contributed by atoms with E-state index in [0.717, 1.165) is 38.2 Å². The first-order valence-corrected chi connectivity index (χ1v) is 7.50. The molecule has 0 aliphatic rings. The number of aliphatic hydroxyl groups is 1. The van der Waals surface area contributed by atoms with Gasteiger partial charge in [-0.25, -0.2) is 0 Å². The van der Waals surface area contributed by atoms with Gasteiger partial charge in [0.1, 0.15) is 18.1 Å². The van der Waals surface area contributed by atoms with Crippen LogP contribution in [0.1, 0.15) is 22.3 Å². The highest BCUT2D eigenvalue weighted by Crippen LogP contribution is 2.30. The lowest BCUT2D eigenvalue weighted by Crippen LogP contribution is -2.03. The zero-order chi connectivity index (χ0) is 15.4. The number of hydrogen-bond acceptors (Lipinski definition) is 3. The molecule has 4 heteroatoms. The summed E-state index contributed by atoms with van der Waals surface area (Å²) in [6.07, 6.45) is 0. The van der Waals surface area contributed by atoms with Crippen molar-refractivity contribution >= 4 is 15.9 Å². The van der Waals surface area contributed by atoms with Crippen molar-refractivity contribution < 1.29 is 14.6 Å². The number of benzene rings is 2. The van der Waals surface area contributed by atoms with Crippen molar-refractivity contribution in [2.24, 2.45) is 0 Å². The molecule has 21 heavy (non-hydrogen) atoms. The van der Waals surface area contributed by atoms with Crippen molar-refractivity contribution in [3.63, 3.8) is 0 Å². The van der Waals surface area contributed by atoms with Crippen LogP contribution in [0, 0.1) is 13.8 Å². The smallest absolute Gasteiger partial charge is 0.128 e. The third kappa shape index (κ3) is 3.77. The lowest BCUT2D eigenvalue weighted by Gasteiger charge is -2.15. The molecule has 0 spiro atoms. The number of ether oxygens (including phenoxy) is 2. The third-order valence-electron chi connectivity index (χ3n) is 3.29. The summed E-state index contributed by atoms with van der Waals surface area (Å²) in [7, 11) is 1.65. The van der Waals surface area contributed by atoms with E-state index < -0.39 is 0 Å². The van der Waals surface area contributed by atoms with Gasteiger partial charge in [-0.2, -0.15) is 0 Å². The zero-order valence-corrected chi connectivity index (χ0v) is 14.0. The molecule has 2 rings (SSSR count). The summed E-state index contributed by atoms with van der Waals surface area (Å²) in [5.41, 5.74) is 3.90. The summed E-state index contributed by atoms with van der Waals surface area (Å²) in [5, 5.41) is 9.48. The fourth-order valence-electron chi connectivity index (χ4n) is 2.29. The van der Waals surface area contributed by atoms with E-state index in [-0.39, 0.29) is 6.61 Å². The zero-order valence-electron chi connectivity index (χ0n) is 12.4. The van der Waals surface area contributed by atoms with Crippen molar-refractivity contribution in [3.8, 4) is 11.5 Å². The molecule has 0 aliphatic carbocycles. The van der Waals surface area contributed by atoms with Crippen LogP contribution in [-0.2, 0) is 13.2 Å². The van der Waals surface area contributed by atoms with Crippen LogP contribution in [0.3, 0.4) is 0 Å². The molecule has 0 heterocycles. The molecule has 0 unspecified atom stereocenters. The Morgan fingerprint density at radius 2 is 1.86 bits per heavy atom. The van der Waals surface area contributed by atoms with Crippen molar-refractivity contribution in [1.29, 1.82) is 0 Å². The van der Waals surface area contributed by atoms with Crippen molar-refractivity contribution in [2.45, 2.75) is 27.1 Å². The number of hydrogen-bond donors (Lipinski definition) is 1. The number of aliphatic hydroxyl groups excluding tert-OH is 1. The van der Waals surface area contributed by atoms with E-state index in [4.69, 9.17) is 9.47 Å². The van der Waals surface area contributed by atoms with Gasteiger partial charge in [0.05, 0.1) is 13.7 Å². The summed E-state index contributed by atoms with van der Waals surface area (Å²) in [6, 6.07) is 9.84. The Labute approximate surface area is 133 Å². The van der Waals surface area contributed by atoms with Crippen LogP contribution in [-0.4, -0.2) is 12.2 Å². The van der Waals surface area contributed by atoms with Gasteiger partial charge in [-0.3, -0.25) is 0 Å². The maximum atomic E-state index is 9.48. The van der Waals surface area contributed by atoms with Crippen molar-refractivity contribution in [3.05, 3.63) is 57.1 Å². The van der Waals surface area contributed by atoms with E-state index in [9.17, 15) is 5.11 Å². The molecule has 0 amide bonds.